The van der Waals surface area contributed by atoms with E-state index in [1.54, 1.807) is 0 Å². The van der Waals surface area contributed by atoms with Gasteiger partial charge in [-0.25, -0.2) is 0 Å². The van der Waals surface area contributed by atoms with Gasteiger partial charge in [0.15, 0.2) is 0 Å². The van der Waals surface area contributed by atoms with Gasteiger partial charge in [-0.15, -0.1) is 12.3 Å². The third-order valence-corrected chi connectivity index (χ3v) is 1.98. The third-order valence-electron chi connectivity index (χ3n) is 1.98. The zero-order valence-electron chi connectivity index (χ0n) is 9.32. The molecule has 0 aromatic heterocycles. The Balaban J connectivity index is 3.05. The fourth-order valence-corrected chi connectivity index (χ4v) is 1.07. The Morgan fingerprint density at radius 1 is 1.15 bits per heavy atom. The first-order valence-electron chi connectivity index (χ1n) is 5.20. The number of nitrogens with one attached hydrogen (secondary N) is 1. The summed E-state index contributed by atoms with van der Waals surface area (Å²) in [6, 6.07) is 0. The molecule has 0 amide bonds. The summed E-state index contributed by atoms with van der Waals surface area (Å²) in [5.41, 5.74) is 0.450. The van der Waals surface area contributed by atoms with Gasteiger partial charge in [0.25, 0.3) is 0 Å². The summed E-state index contributed by atoms with van der Waals surface area (Å²) >= 11 is 0. The highest BCUT2D eigenvalue weighted by atomic mass is 14.8. The van der Waals surface area contributed by atoms with Gasteiger partial charge in [-0.1, -0.05) is 20.8 Å². The van der Waals surface area contributed by atoms with Gasteiger partial charge in [-0.2, -0.15) is 0 Å². The molecule has 0 aromatic carbocycles. The molecule has 1 nitrogen and oxygen atoms in total. The quantitative estimate of drug-likeness (QED) is 0.491. The van der Waals surface area contributed by atoms with Crippen LogP contribution in [0, 0.1) is 17.8 Å². The molecule has 0 aliphatic heterocycles. The second-order valence-corrected chi connectivity index (χ2v) is 4.72. The van der Waals surface area contributed by atoms with Crippen molar-refractivity contribution in [2.75, 3.05) is 13.1 Å². The summed E-state index contributed by atoms with van der Waals surface area (Å²) in [7, 11) is 0. The minimum absolute atomic E-state index is 0.450. The maximum atomic E-state index is 5.16. The topological polar surface area (TPSA) is 12.0 Å². The molecule has 0 heterocycles. The summed E-state index contributed by atoms with van der Waals surface area (Å²) in [4.78, 5) is 0. The molecular weight excluding hydrogens is 158 g/mol. The van der Waals surface area contributed by atoms with Gasteiger partial charge in [0.05, 0.1) is 0 Å². The van der Waals surface area contributed by atoms with Crippen LogP contribution in [0.1, 0.15) is 46.5 Å². The van der Waals surface area contributed by atoms with Crippen LogP contribution in [0.2, 0.25) is 0 Å². The Morgan fingerprint density at radius 2 is 1.85 bits per heavy atom. The predicted octanol–water partition coefficient (Wildman–Crippen LogP) is 2.82. The van der Waals surface area contributed by atoms with Crippen molar-refractivity contribution in [2.45, 2.75) is 46.5 Å². The molecule has 0 bridgehead atoms. The molecule has 76 valence electrons. The van der Waals surface area contributed by atoms with Crippen LogP contribution in [0.3, 0.4) is 0 Å². The second-order valence-electron chi connectivity index (χ2n) is 4.72. The van der Waals surface area contributed by atoms with Crippen molar-refractivity contribution in [1.29, 1.82) is 0 Å². The highest BCUT2D eigenvalue weighted by Gasteiger charge is 2.08. The molecule has 0 spiro atoms. The van der Waals surface area contributed by atoms with Crippen molar-refractivity contribution in [3.05, 3.63) is 0 Å². The van der Waals surface area contributed by atoms with Crippen LogP contribution in [0.15, 0.2) is 0 Å². The van der Waals surface area contributed by atoms with Gasteiger partial charge in [-0.05, 0) is 37.8 Å². The standard InChI is InChI=1S/C12H23N/c1-5-6-7-8-10-13-11-9-12(2,3)4/h1,13H,6-11H2,2-4H3. The molecule has 13 heavy (non-hydrogen) atoms. The molecule has 0 fully saturated rings. The average Bonchev–Trinajstić information content (AvgIpc) is 2.01. The smallest absolute Gasteiger partial charge is 0.00865 e. The predicted molar refractivity (Wildman–Crippen MR) is 59.6 cm³/mol. The fraction of sp³-hybridized carbons (Fsp3) is 0.833. The Bertz CT molecular complexity index is 147. The lowest BCUT2D eigenvalue weighted by Crippen LogP contribution is -2.21. The van der Waals surface area contributed by atoms with Crippen LogP contribution in [-0.2, 0) is 0 Å². The van der Waals surface area contributed by atoms with Crippen molar-refractivity contribution in [3.8, 4) is 12.3 Å². The van der Waals surface area contributed by atoms with Gasteiger partial charge in [0.2, 0.25) is 0 Å². The molecule has 0 aliphatic carbocycles. The summed E-state index contributed by atoms with van der Waals surface area (Å²) in [6.07, 6.45) is 9.67. The van der Waals surface area contributed by atoms with Crippen LogP contribution in [0.25, 0.3) is 0 Å². The lowest BCUT2D eigenvalue weighted by atomic mass is 9.92. The first kappa shape index (κ1) is 12.5. The van der Waals surface area contributed by atoms with E-state index in [-0.39, 0.29) is 0 Å². The van der Waals surface area contributed by atoms with E-state index in [1.165, 1.54) is 12.8 Å². The third kappa shape index (κ3) is 11.5. The highest BCUT2D eigenvalue weighted by molar-refractivity contribution is 4.82. The Labute approximate surface area is 83.3 Å². The zero-order valence-corrected chi connectivity index (χ0v) is 9.32. The molecule has 0 saturated carbocycles. The van der Waals surface area contributed by atoms with Crippen LogP contribution in [-0.4, -0.2) is 13.1 Å². The van der Waals surface area contributed by atoms with E-state index in [0.29, 0.717) is 5.41 Å². The van der Waals surface area contributed by atoms with Crippen LogP contribution < -0.4 is 5.32 Å². The fourth-order valence-electron chi connectivity index (χ4n) is 1.07. The molecule has 0 unspecified atom stereocenters. The molecular formula is C12H23N. The van der Waals surface area contributed by atoms with Crippen molar-refractivity contribution in [2.24, 2.45) is 5.41 Å². The average molecular weight is 181 g/mol. The molecule has 0 saturated heterocycles. The van der Waals surface area contributed by atoms with Crippen molar-refractivity contribution in [3.63, 3.8) is 0 Å². The van der Waals surface area contributed by atoms with Crippen LogP contribution in [0.5, 0.6) is 0 Å². The first-order valence-corrected chi connectivity index (χ1v) is 5.20. The van der Waals surface area contributed by atoms with E-state index in [4.69, 9.17) is 6.42 Å². The van der Waals surface area contributed by atoms with Gasteiger partial charge in [0.1, 0.15) is 0 Å². The van der Waals surface area contributed by atoms with Gasteiger partial charge < -0.3 is 5.32 Å². The summed E-state index contributed by atoms with van der Waals surface area (Å²) in [5, 5.41) is 3.43. The Kier molecular flexibility index (Phi) is 6.72. The monoisotopic (exact) mass is 181 g/mol. The summed E-state index contributed by atoms with van der Waals surface area (Å²) in [6.45, 7) is 9.05. The van der Waals surface area contributed by atoms with E-state index >= 15 is 0 Å². The zero-order chi connectivity index (χ0) is 10.2. The van der Waals surface area contributed by atoms with E-state index in [2.05, 4.69) is 32.0 Å². The Morgan fingerprint density at radius 3 is 2.38 bits per heavy atom. The van der Waals surface area contributed by atoms with E-state index < -0.39 is 0 Å². The number of hydrogen-bond acceptors (Lipinski definition) is 1. The number of hydrogen-bond donors (Lipinski definition) is 1. The van der Waals surface area contributed by atoms with Gasteiger partial charge in [-0.3, -0.25) is 0 Å². The lowest BCUT2D eigenvalue weighted by molar-refractivity contribution is 0.366. The van der Waals surface area contributed by atoms with Crippen molar-refractivity contribution < 1.29 is 0 Å². The second kappa shape index (κ2) is 6.97. The highest BCUT2D eigenvalue weighted by Crippen LogP contribution is 2.16. The molecule has 0 atom stereocenters. The van der Waals surface area contributed by atoms with Crippen LogP contribution in [0.4, 0.5) is 0 Å². The molecule has 0 radical (unpaired) electrons. The lowest BCUT2D eigenvalue weighted by Gasteiger charge is -2.17. The van der Waals surface area contributed by atoms with E-state index in [0.717, 1.165) is 25.9 Å². The van der Waals surface area contributed by atoms with Gasteiger partial charge >= 0.3 is 0 Å². The van der Waals surface area contributed by atoms with E-state index in [1.807, 2.05) is 0 Å². The Hall–Kier alpha value is -0.480. The summed E-state index contributed by atoms with van der Waals surface area (Å²) < 4.78 is 0. The summed E-state index contributed by atoms with van der Waals surface area (Å²) in [5.74, 6) is 2.66. The number of terminal acetylenes is 1. The largest absolute Gasteiger partial charge is 0.317 e. The minimum atomic E-state index is 0.450. The SMILES string of the molecule is C#CCCCCNCCC(C)(C)C. The first-order chi connectivity index (χ1) is 6.06. The molecule has 0 aromatic rings. The molecule has 0 rings (SSSR count). The normalized spacial score (nSPS) is 11.2. The maximum absolute atomic E-state index is 5.16. The maximum Gasteiger partial charge on any atom is 0.00865 e. The molecule has 1 N–H and O–H groups in total. The molecule has 1 heteroatoms. The van der Waals surface area contributed by atoms with Crippen molar-refractivity contribution in [1.82, 2.24) is 5.32 Å². The van der Waals surface area contributed by atoms with Crippen molar-refractivity contribution >= 4 is 0 Å². The van der Waals surface area contributed by atoms with E-state index in [9.17, 15) is 0 Å². The van der Waals surface area contributed by atoms with Gasteiger partial charge in [0, 0.05) is 6.42 Å². The molecule has 0 aliphatic rings. The van der Waals surface area contributed by atoms with Crippen LogP contribution >= 0.6 is 0 Å². The number of rotatable bonds is 6. The minimum Gasteiger partial charge on any atom is -0.317 e. The number of unbranched alkanes of at least 4 members (excludes halogenated alkanes) is 2.